The van der Waals surface area contributed by atoms with Crippen LogP contribution in [0.2, 0.25) is 0 Å². The van der Waals surface area contributed by atoms with Crippen molar-refractivity contribution in [3.8, 4) is 27.3 Å². The number of nitrogens with zero attached hydrogens (tertiary/aromatic N) is 3. The summed E-state index contributed by atoms with van der Waals surface area (Å²) >= 11 is 3.93. The van der Waals surface area contributed by atoms with Crippen molar-refractivity contribution in [1.29, 1.82) is 0 Å². The molecule has 1 fully saturated rings. The number of morpholine rings is 1. The van der Waals surface area contributed by atoms with Crippen molar-refractivity contribution in [2.24, 2.45) is 0 Å². The Hall–Kier alpha value is -1.73. The van der Waals surface area contributed by atoms with Crippen LogP contribution in [0.3, 0.4) is 0 Å². The lowest BCUT2D eigenvalue weighted by molar-refractivity contribution is 0.0346. The zero-order chi connectivity index (χ0) is 23.8. The third-order valence-corrected chi connectivity index (χ3v) is 8.86. The Labute approximate surface area is 216 Å². The van der Waals surface area contributed by atoms with Gasteiger partial charge in [0, 0.05) is 99.7 Å². The van der Waals surface area contributed by atoms with Crippen LogP contribution >= 0.6 is 41.7 Å². The van der Waals surface area contributed by atoms with Crippen molar-refractivity contribution in [3.05, 3.63) is 58.7 Å². The third kappa shape index (κ3) is 4.46. The molecule has 3 aromatic heterocycles. The Morgan fingerprint density at radius 2 is 2.00 bits per heavy atom. The van der Waals surface area contributed by atoms with Gasteiger partial charge in [-0.05, 0) is 31.2 Å². The SMILES string of the molecule is COc1c(F)cc(F)cc1-c1c(C)n(SI)c2ncc(-c3ccc(CN4CCOCC4)s3)cc12. The van der Waals surface area contributed by atoms with Crippen LogP contribution in [-0.2, 0) is 11.3 Å². The molecule has 4 aromatic rings. The van der Waals surface area contributed by atoms with E-state index >= 15 is 0 Å². The van der Waals surface area contributed by atoms with Crippen LogP contribution in [0, 0.1) is 18.6 Å². The molecule has 0 amide bonds. The number of thiophene rings is 1. The largest absolute Gasteiger partial charge is 0.493 e. The van der Waals surface area contributed by atoms with Crippen LogP contribution in [-0.4, -0.2) is 47.3 Å². The first-order valence-corrected chi connectivity index (χ1v) is 14.9. The minimum atomic E-state index is -0.727. The van der Waals surface area contributed by atoms with Crippen molar-refractivity contribution < 1.29 is 18.3 Å². The van der Waals surface area contributed by atoms with Crippen molar-refractivity contribution in [2.45, 2.75) is 13.5 Å². The first kappa shape index (κ1) is 24.0. The van der Waals surface area contributed by atoms with E-state index in [4.69, 9.17) is 14.5 Å². The summed E-state index contributed by atoms with van der Waals surface area (Å²) in [5.74, 6) is -1.35. The molecule has 0 N–H and O–H groups in total. The Balaban J connectivity index is 1.60. The Morgan fingerprint density at radius 1 is 1.21 bits per heavy atom. The van der Waals surface area contributed by atoms with Gasteiger partial charge in [0.2, 0.25) is 0 Å². The quantitative estimate of drug-likeness (QED) is 0.226. The van der Waals surface area contributed by atoms with Gasteiger partial charge in [0.1, 0.15) is 5.82 Å². The molecule has 0 bridgehead atoms. The maximum atomic E-state index is 14.6. The fraction of sp³-hybridized carbons (Fsp3) is 0.292. The van der Waals surface area contributed by atoms with E-state index in [1.165, 1.54) is 27.2 Å². The summed E-state index contributed by atoms with van der Waals surface area (Å²) in [5.41, 5.74) is 3.66. The van der Waals surface area contributed by atoms with Gasteiger partial charge in [-0.2, -0.15) is 0 Å². The molecule has 0 spiro atoms. The van der Waals surface area contributed by atoms with E-state index in [9.17, 15) is 8.78 Å². The minimum Gasteiger partial charge on any atom is -0.493 e. The zero-order valence-corrected chi connectivity index (χ0v) is 22.4. The fourth-order valence-electron chi connectivity index (χ4n) is 4.37. The number of rotatable bonds is 6. The molecule has 0 radical (unpaired) electrons. The summed E-state index contributed by atoms with van der Waals surface area (Å²) in [6, 6.07) is 8.49. The molecule has 0 aliphatic carbocycles. The van der Waals surface area contributed by atoms with E-state index < -0.39 is 11.6 Å². The monoisotopic (exact) mass is 613 g/mol. The van der Waals surface area contributed by atoms with E-state index in [1.807, 2.05) is 17.1 Å². The molecule has 5 nitrogen and oxygen atoms in total. The molecule has 34 heavy (non-hydrogen) atoms. The molecule has 178 valence electrons. The molecule has 1 aliphatic heterocycles. The summed E-state index contributed by atoms with van der Waals surface area (Å²) in [6.07, 6.45) is 1.86. The summed E-state index contributed by atoms with van der Waals surface area (Å²) in [7, 11) is 2.87. The van der Waals surface area contributed by atoms with Crippen LogP contribution in [0.5, 0.6) is 5.75 Å². The number of benzene rings is 1. The summed E-state index contributed by atoms with van der Waals surface area (Å²) < 4.78 is 41.6. The standard InChI is InChI=1S/C24H22F2IN3O2S2/c1-14-22(18-10-16(25)11-20(26)23(18)31-2)19-9-15(12-28-24(19)30(14)34-27)21-4-3-17(33-21)13-29-5-7-32-8-6-29/h3-4,9-12H,5-8,13H2,1-2H3. The second-order valence-corrected chi connectivity index (χ2v) is 10.9. The fourth-order valence-corrected chi connectivity index (χ4v) is 7.25. The van der Waals surface area contributed by atoms with Gasteiger partial charge >= 0.3 is 0 Å². The molecule has 1 aromatic carbocycles. The highest BCUT2D eigenvalue weighted by atomic mass is 127. The number of halogens is 3. The highest BCUT2D eigenvalue weighted by molar-refractivity contribution is 14.2. The van der Waals surface area contributed by atoms with Gasteiger partial charge in [-0.1, -0.05) is 0 Å². The van der Waals surface area contributed by atoms with Gasteiger partial charge in [0.25, 0.3) is 0 Å². The van der Waals surface area contributed by atoms with Crippen LogP contribution in [0.15, 0.2) is 36.5 Å². The lowest BCUT2D eigenvalue weighted by atomic mass is 10.0. The zero-order valence-electron chi connectivity index (χ0n) is 18.6. The minimum absolute atomic E-state index is 0.0244. The Morgan fingerprint density at radius 3 is 2.74 bits per heavy atom. The van der Waals surface area contributed by atoms with Gasteiger partial charge in [0.15, 0.2) is 17.2 Å². The molecule has 0 unspecified atom stereocenters. The van der Waals surface area contributed by atoms with Crippen LogP contribution in [0.25, 0.3) is 32.6 Å². The summed E-state index contributed by atoms with van der Waals surface area (Å²) in [5, 5.41) is 0.825. The number of ether oxygens (including phenoxy) is 2. The molecular formula is C24H22F2IN3O2S2. The maximum Gasteiger partial charge on any atom is 0.168 e. The predicted octanol–water partition coefficient (Wildman–Crippen LogP) is 6.71. The van der Waals surface area contributed by atoms with Crippen molar-refractivity contribution in [3.63, 3.8) is 0 Å². The second-order valence-electron chi connectivity index (χ2n) is 8.04. The second kappa shape index (κ2) is 10.1. The maximum absolute atomic E-state index is 14.6. The number of pyridine rings is 1. The van der Waals surface area contributed by atoms with E-state index in [1.54, 1.807) is 11.3 Å². The van der Waals surface area contributed by atoms with Gasteiger partial charge in [-0.3, -0.25) is 8.87 Å². The molecular weight excluding hydrogens is 591 g/mol. The smallest absolute Gasteiger partial charge is 0.168 e. The molecule has 4 heterocycles. The predicted molar refractivity (Wildman–Crippen MR) is 143 cm³/mol. The number of fused-ring (bicyclic) bond motifs is 1. The number of hydrogen-bond acceptors (Lipinski definition) is 6. The lowest BCUT2D eigenvalue weighted by Gasteiger charge is -2.25. The van der Waals surface area contributed by atoms with Gasteiger partial charge in [0.05, 0.1) is 20.3 Å². The van der Waals surface area contributed by atoms with Gasteiger partial charge in [-0.25, -0.2) is 13.8 Å². The van der Waals surface area contributed by atoms with E-state index in [2.05, 4.69) is 44.3 Å². The van der Waals surface area contributed by atoms with Crippen LogP contribution in [0.1, 0.15) is 10.6 Å². The van der Waals surface area contributed by atoms with Crippen molar-refractivity contribution >= 4 is 52.7 Å². The summed E-state index contributed by atoms with van der Waals surface area (Å²) in [6.45, 7) is 6.26. The van der Waals surface area contributed by atoms with E-state index in [0.717, 1.165) is 66.1 Å². The third-order valence-electron chi connectivity index (χ3n) is 5.97. The topological polar surface area (TPSA) is 39.5 Å². The van der Waals surface area contributed by atoms with Gasteiger partial charge < -0.3 is 9.47 Å². The molecule has 1 aliphatic rings. The summed E-state index contributed by atoms with van der Waals surface area (Å²) in [4.78, 5) is 9.53. The lowest BCUT2D eigenvalue weighted by Crippen LogP contribution is -2.35. The van der Waals surface area contributed by atoms with Crippen molar-refractivity contribution in [1.82, 2.24) is 13.9 Å². The highest BCUT2D eigenvalue weighted by Crippen LogP contribution is 2.44. The number of methoxy groups -OCH3 is 1. The first-order chi connectivity index (χ1) is 16.5. The van der Waals surface area contributed by atoms with Crippen LogP contribution in [0.4, 0.5) is 8.78 Å². The van der Waals surface area contributed by atoms with E-state index in [-0.39, 0.29) is 5.75 Å². The Bertz CT molecular complexity index is 1350. The average molecular weight is 613 g/mol. The van der Waals surface area contributed by atoms with E-state index in [0.29, 0.717) is 11.1 Å². The van der Waals surface area contributed by atoms with Crippen molar-refractivity contribution in [2.75, 3.05) is 33.4 Å². The molecule has 0 saturated carbocycles. The van der Waals surface area contributed by atoms with Crippen LogP contribution < -0.4 is 4.74 Å². The average Bonchev–Trinajstić information content (AvgIpc) is 3.40. The molecule has 1 saturated heterocycles. The molecule has 0 atom stereocenters. The first-order valence-electron chi connectivity index (χ1n) is 10.7. The normalized spacial score (nSPS) is 14.7. The molecule has 10 heteroatoms. The highest BCUT2D eigenvalue weighted by Gasteiger charge is 2.23. The molecule has 5 rings (SSSR count). The van der Waals surface area contributed by atoms with Gasteiger partial charge in [-0.15, -0.1) is 11.3 Å². The Kier molecular flexibility index (Phi) is 7.12. The number of aromatic nitrogens is 2. The number of hydrogen-bond donors (Lipinski definition) is 0.